The van der Waals surface area contributed by atoms with Crippen LogP contribution >= 0.6 is 0 Å². The molecule has 0 atom stereocenters. The predicted octanol–water partition coefficient (Wildman–Crippen LogP) is 2.04. The lowest BCUT2D eigenvalue weighted by Crippen LogP contribution is -2.09. The molecule has 1 rings (SSSR count). The summed E-state index contributed by atoms with van der Waals surface area (Å²) in [7, 11) is 4.22. The van der Waals surface area contributed by atoms with E-state index < -0.39 is 18.4 Å². The average Bonchev–Trinajstić information content (AvgIpc) is 2.44. The molecule has 0 bridgehead atoms. The van der Waals surface area contributed by atoms with Gasteiger partial charge in [-0.05, 0) is 30.7 Å². The van der Waals surface area contributed by atoms with Gasteiger partial charge in [0.05, 0.1) is 27.8 Å². The Morgan fingerprint density at radius 1 is 1.19 bits per heavy atom. The minimum absolute atomic E-state index is 0.0240. The molecule has 0 aliphatic heterocycles. The molecular weight excluding hydrogens is 276 g/mol. The Morgan fingerprint density at radius 2 is 1.86 bits per heavy atom. The van der Waals surface area contributed by atoms with Gasteiger partial charge in [0, 0.05) is 11.1 Å². The maximum Gasteiger partial charge on any atom is 0.334 e. The molecule has 0 amide bonds. The molecule has 0 spiro atoms. The molecular formula is C15H18O6. The Hall–Kier alpha value is -2.50. The van der Waals surface area contributed by atoms with Crippen molar-refractivity contribution in [3.63, 3.8) is 0 Å². The molecule has 1 N–H and O–H groups in total. The van der Waals surface area contributed by atoms with Crippen LogP contribution in [0.3, 0.4) is 0 Å². The monoisotopic (exact) mass is 294 g/mol. The summed E-state index contributed by atoms with van der Waals surface area (Å²) in [6, 6.07) is 3.45. The zero-order valence-electron chi connectivity index (χ0n) is 12.4. The van der Waals surface area contributed by atoms with Crippen LogP contribution in [-0.2, 0) is 14.3 Å². The van der Waals surface area contributed by atoms with Gasteiger partial charge in [0.15, 0.2) is 0 Å². The van der Waals surface area contributed by atoms with Gasteiger partial charge in [0.2, 0.25) is 0 Å². The van der Waals surface area contributed by atoms with Crippen LogP contribution in [0.2, 0.25) is 0 Å². The highest BCUT2D eigenvalue weighted by molar-refractivity contribution is 5.98. The summed E-state index contributed by atoms with van der Waals surface area (Å²) in [5.74, 6) is -0.688. The van der Waals surface area contributed by atoms with Crippen LogP contribution in [0.25, 0.3) is 6.08 Å². The molecule has 1 aromatic carbocycles. The number of aryl methyl sites for hydroxylation is 1. The van der Waals surface area contributed by atoms with Gasteiger partial charge in [-0.2, -0.15) is 0 Å². The van der Waals surface area contributed by atoms with Crippen molar-refractivity contribution >= 4 is 18.0 Å². The molecule has 0 saturated heterocycles. The van der Waals surface area contributed by atoms with Crippen LogP contribution in [0, 0.1) is 6.92 Å². The molecule has 0 heterocycles. The van der Waals surface area contributed by atoms with Gasteiger partial charge < -0.3 is 19.3 Å². The van der Waals surface area contributed by atoms with E-state index in [0.717, 1.165) is 5.56 Å². The highest BCUT2D eigenvalue weighted by Gasteiger charge is 2.16. The van der Waals surface area contributed by atoms with Gasteiger partial charge in [0.1, 0.15) is 11.5 Å². The van der Waals surface area contributed by atoms with Crippen LogP contribution in [0.4, 0.5) is 0 Å². The lowest BCUT2D eigenvalue weighted by Gasteiger charge is -2.12. The normalized spacial score (nSPS) is 11.0. The Labute approximate surface area is 122 Å². The third-order valence-electron chi connectivity index (χ3n) is 2.84. The maximum atomic E-state index is 11.7. The van der Waals surface area contributed by atoms with E-state index in [1.165, 1.54) is 27.4 Å². The van der Waals surface area contributed by atoms with Crippen molar-refractivity contribution in [1.82, 2.24) is 0 Å². The van der Waals surface area contributed by atoms with Crippen molar-refractivity contribution in [3.05, 3.63) is 28.8 Å². The molecule has 0 unspecified atom stereocenters. The van der Waals surface area contributed by atoms with Crippen molar-refractivity contribution in [2.45, 2.75) is 13.3 Å². The number of carbonyl (C=O) groups excluding carboxylic acids is 1. The van der Waals surface area contributed by atoms with E-state index in [4.69, 9.17) is 14.6 Å². The Balaban J connectivity index is 3.39. The number of hydrogen-bond acceptors (Lipinski definition) is 5. The quantitative estimate of drug-likeness (QED) is 0.638. The van der Waals surface area contributed by atoms with Gasteiger partial charge in [-0.15, -0.1) is 0 Å². The first kappa shape index (κ1) is 16.6. The van der Waals surface area contributed by atoms with Gasteiger partial charge in [-0.1, -0.05) is 0 Å². The van der Waals surface area contributed by atoms with Crippen molar-refractivity contribution in [2.75, 3.05) is 21.3 Å². The van der Waals surface area contributed by atoms with E-state index >= 15 is 0 Å². The largest absolute Gasteiger partial charge is 0.497 e. The highest BCUT2D eigenvalue weighted by atomic mass is 16.5. The minimum Gasteiger partial charge on any atom is -0.497 e. The van der Waals surface area contributed by atoms with Crippen LogP contribution in [0.1, 0.15) is 17.5 Å². The van der Waals surface area contributed by atoms with Crippen molar-refractivity contribution < 1.29 is 28.9 Å². The van der Waals surface area contributed by atoms with E-state index in [1.54, 1.807) is 12.1 Å². The molecule has 114 valence electrons. The molecule has 0 radical (unpaired) electrons. The second kappa shape index (κ2) is 7.33. The first-order valence-electron chi connectivity index (χ1n) is 6.16. The van der Waals surface area contributed by atoms with E-state index in [2.05, 4.69) is 4.74 Å². The zero-order valence-corrected chi connectivity index (χ0v) is 12.4. The summed E-state index contributed by atoms with van der Waals surface area (Å²) in [6.45, 7) is 1.83. The van der Waals surface area contributed by atoms with E-state index in [0.29, 0.717) is 17.1 Å². The predicted molar refractivity (Wildman–Crippen MR) is 76.5 cm³/mol. The lowest BCUT2D eigenvalue weighted by atomic mass is 10.0. The number of benzene rings is 1. The molecule has 0 fully saturated rings. The van der Waals surface area contributed by atoms with Crippen molar-refractivity contribution in [2.24, 2.45) is 0 Å². The molecule has 1 aromatic rings. The molecule has 0 aliphatic carbocycles. The van der Waals surface area contributed by atoms with Crippen molar-refractivity contribution in [1.29, 1.82) is 0 Å². The zero-order chi connectivity index (χ0) is 16.0. The molecule has 0 saturated carbocycles. The third-order valence-corrected chi connectivity index (χ3v) is 2.84. The maximum absolute atomic E-state index is 11.7. The number of aliphatic carboxylic acids is 1. The second-order valence-electron chi connectivity index (χ2n) is 4.30. The molecule has 6 heteroatoms. The molecule has 6 nitrogen and oxygen atoms in total. The van der Waals surface area contributed by atoms with Crippen LogP contribution in [0.5, 0.6) is 11.5 Å². The average molecular weight is 294 g/mol. The lowest BCUT2D eigenvalue weighted by molar-refractivity contribution is -0.141. The van der Waals surface area contributed by atoms with Crippen LogP contribution in [-0.4, -0.2) is 38.4 Å². The number of methoxy groups -OCH3 is 3. The number of hydrogen-bond donors (Lipinski definition) is 1. The number of ether oxygens (including phenoxy) is 3. The van der Waals surface area contributed by atoms with Crippen LogP contribution in [0.15, 0.2) is 17.7 Å². The highest BCUT2D eigenvalue weighted by Crippen LogP contribution is 2.31. The fourth-order valence-electron chi connectivity index (χ4n) is 1.93. The smallest absolute Gasteiger partial charge is 0.334 e. The summed E-state index contributed by atoms with van der Waals surface area (Å²) in [6.07, 6.45) is 1.00. The molecule has 0 aliphatic rings. The summed E-state index contributed by atoms with van der Waals surface area (Å²) in [4.78, 5) is 22.5. The number of carbonyl (C=O) groups is 2. The number of esters is 1. The second-order valence-corrected chi connectivity index (χ2v) is 4.30. The van der Waals surface area contributed by atoms with E-state index in [1.807, 2.05) is 6.92 Å². The summed E-state index contributed by atoms with van der Waals surface area (Å²) in [5, 5.41) is 8.88. The number of carboxylic acids is 1. The number of carboxylic acid groups (broad SMARTS) is 1. The van der Waals surface area contributed by atoms with Gasteiger partial charge in [0.25, 0.3) is 0 Å². The SMILES string of the molecule is COC(=O)C(=Cc1cc(OC)cc(C)c1OC)CC(=O)O. The first-order chi connectivity index (χ1) is 9.92. The van der Waals surface area contributed by atoms with Gasteiger partial charge in [-0.25, -0.2) is 4.79 Å². The van der Waals surface area contributed by atoms with E-state index in [9.17, 15) is 9.59 Å². The molecule has 0 aromatic heterocycles. The standard InChI is InChI=1S/C15H18O6/c1-9-5-12(19-2)7-10(14(9)20-3)6-11(8-13(16)17)15(18)21-4/h5-7H,8H2,1-4H3,(H,16,17). The fraction of sp³-hybridized carbons (Fsp3) is 0.333. The first-order valence-corrected chi connectivity index (χ1v) is 6.16. The van der Waals surface area contributed by atoms with Crippen molar-refractivity contribution in [3.8, 4) is 11.5 Å². The Morgan fingerprint density at radius 3 is 2.33 bits per heavy atom. The minimum atomic E-state index is -1.12. The Kier molecular flexibility index (Phi) is 5.78. The van der Waals surface area contributed by atoms with Gasteiger partial charge in [-0.3, -0.25) is 4.79 Å². The topological polar surface area (TPSA) is 82.1 Å². The Bertz CT molecular complexity index is 574. The van der Waals surface area contributed by atoms with Crippen LogP contribution < -0.4 is 9.47 Å². The van der Waals surface area contributed by atoms with Gasteiger partial charge >= 0.3 is 11.9 Å². The summed E-state index contributed by atoms with van der Waals surface area (Å²) >= 11 is 0. The van der Waals surface area contributed by atoms with E-state index in [-0.39, 0.29) is 5.57 Å². The third kappa shape index (κ3) is 4.24. The fourth-order valence-corrected chi connectivity index (χ4v) is 1.93. The number of rotatable bonds is 6. The summed E-state index contributed by atoms with van der Waals surface area (Å²) in [5.41, 5.74) is 1.38. The summed E-state index contributed by atoms with van der Waals surface area (Å²) < 4.78 is 15.1. The molecule has 21 heavy (non-hydrogen) atoms.